The Labute approximate surface area is 798 Å². The van der Waals surface area contributed by atoms with Crippen molar-refractivity contribution in [1.82, 2.24) is 32.7 Å². The maximum Gasteiger partial charge on any atom is 0.146 e. The average molecular weight is 1790 g/mol. The maximum absolute atomic E-state index is 5.17. The minimum absolute atomic E-state index is 0.996. The molecule has 31 aromatic rings. The molecule has 0 aliphatic carbocycles. The van der Waals surface area contributed by atoms with Crippen molar-refractivity contribution in [2.75, 3.05) is 0 Å². The van der Waals surface area contributed by atoms with Crippen molar-refractivity contribution in [2.45, 2.75) is 0 Å². The molecule has 0 atom stereocenters. The minimum atomic E-state index is 0.996. The van der Waals surface area contributed by atoms with E-state index in [0.717, 1.165) is 50.0 Å². The van der Waals surface area contributed by atoms with Crippen molar-refractivity contribution >= 4 is 232 Å². The molecule has 0 saturated heterocycles. The largest absolute Gasteiger partial charge is 0.309 e. The summed E-state index contributed by atoms with van der Waals surface area (Å²) in [6, 6.07) is 170. The van der Waals surface area contributed by atoms with Crippen molar-refractivity contribution in [3.63, 3.8) is 0 Å². The van der Waals surface area contributed by atoms with Gasteiger partial charge in [-0.25, -0.2) is 15.0 Å². The van der Waals surface area contributed by atoms with Gasteiger partial charge in [-0.05, 0) is 233 Å². The molecule has 9 heteroatoms. The van der Waals surface area contributed by atoms with Gasteiger partial charge in [-0.15, -0.1) is 22.7 Å². The van der Waals surface area contributed by atoms with E-state index in [1.54, 1.807) is 0 Å². The van der Waals surface area contributed by atoms with Crippen molar-refractivity contribution < 1.29 is 0 Å². The molecule has 0 aliphatic rings. The highest BCUT2D eigenvalue weighted by Crippen LogP contribution is 2.48. The van der Waals surface area contributed by atoms with Crippen LogP contribution in [0.15, 0.2) is 467 Å². The molecule has 22 aromatic carbocycles. The van der Waals surface area contributed by atoms with Crippen molar-refractivity contribution in [1.29, 1.82) is 0 Å². The van der Waals surface area contributed by atoms with Crippen LogP contribution in [0.2, 0.25) is 0 Å². The maximum atomic E-state index is 5.17. The molecule has 0 spiro atoms. The second kappa shape index (κ2) is 30.9. The third-order valence-corrected chi connectivity index (χ3v) is 31.2. The van der Waals surface area contributed by atoms with Crippen molar-refractivity contribution in [2.24, 2.45) is 0 Å². The van der Waals surface area contributed by atoms with Gasteiger partial charge >= 0.3 is 0 Å². The fourth-order valence-corrected chi connectivity index (χ4v) is 24.7. The number of benzene rings is 22. The van der Waals surface area contributed by atoms with Crippen LogP contribution >= 0.6 is 22.7 Å². The third-order valence-electron chi connectivity index (χ3n) is 28.8. The zero-order chi connectivity index (χ0) is 90.3. The molecule has 0 bridgehead atoms. The van der Waals surface area contributed by atoms with Crippen LogP contribution in [0.3, 0.4) is 0 Å². The number of imidazole rings is 3. The molecule has 0 aliphatic heterocycles. The molecule has 640 valence electrons. The first-order chi connectivity index (χ1) is 68.4. The van der Waals surface area contributed by atoms with Crippen LogP contribution in [0.5, 0.6) is 0 Å². The van der Waals surface area contributed by atoms with Gasteiger partial charge in [0.15, 0.2) is 0 Å². The molecule has 0 N–H and O–H groups in total. The molecule has 138 heavy (non-hydrogen) atoms. The van der Waals surface area contributed by atoms with Crippen LogP contribution in [-0.2, 0) is 0 Å². The summed E-state index contributed by atoms with van der Waals surface area (Å²) in [5.74, 6) is 0. The van der Waals surface area contributed by atoms with Crippen molar-refractivity contribution in [3.8, 4) is 72.4 Å². The highest BCUT2D eigenvalue weighted by molar-refractivity contribution is 7.26. The number of hydrogen-bond acceptors (Lipinski definition) is 5. The van der Waals surface area contributed by atoms with Crippen LogP contribution in [0.1, 0.15) is 0 Å². The molecule has 0 fully saturated rings. The Balaban J connectivity index is 0.000000100. The number of rotatable bonds is 7. The Morgan fingerprint density at radius 1 is 0.167 bits per heavy atom. The van der Waals surface area contributed by atoms with E-state index in [-0.39, 0.29) is 0 Å². The molecule has 9 heterocycles. The summed E-state index contributed by atoms with van der Waals surface area (Å²) < 4.78 is 14.8. The van der Waals surface area contributed by atoms with Crippen LogP contribution in [0.4, 0.5) is 0 Å². The van der Waals surface area contributed by atoms with Gasteiger partial charge in [0.1, 0.15) is 16.9 Å². The first kappa shape index (κ1) is 77.8. The van der Waals surface area contributed by atoms with Gasteiger partial charge in [0.2, 0.25) is 0 Å². The van der Waals surface area contributed by atoms with Crippen molar-refractivity contribution in [3.05, 3.63) is 467 Å². The first-order valence-electron chi connectivity index (χ1n) is 47.1. The molecule has 0 radical (unpaired) electrons. The van der Waals surface area contributed by atoms with E-state index in [2.05, 4.69) is 485 Å². The summed E-state index contributed by atoms with van der Waals surface area (Å²) in [6.07, 6.45) is 0. The molecule has 7 nitrogen and oxygen atoms in total. The Bertz CT molecular complexity index is 10600. The van der Waals surface area contributed by atoms with Gasteiger partial charge in [-0.1, -0.05) is 334 Å². The molecule has 0 amide bonds. The molecule has 9 aromatic heterocycles. The van der Waals surface area contributed by atoms with Gasteiger partial charge in [0.05, 0.1) is 60.7 Å². The average Bonchev–Trinajstić information content (AvgIpc) is 1.47. The standard InChI is InChI=1S/C47H29N3.2C41H24N2S/c1-2-11-35(12-3-1)49-42-16-8-6-14-37(42)40-28-33(24-27-43(40)49)30-18-20-31(21-19-30)34-23-25-38-45(29-34)50-44-17-9-7-15-41(44)48-47(50)39-26-22-32-10-4-5-13-36(32)46(38)39;1-2-12-29-25(9-1)19-22-34-39(29)33-21-20-27(24-37(33)43-36-17-5-4-16-35(36)42-41(34)43)26-10-7-11-28(23-26)30-14-8-15-32-31-13-3-6-18-38(31)44-40(30)32;1-2-8-30-27(7-1)17-21-33-40(30)32-20-18-29(24-37(32)43-36-11-5-4-10-35(36)42-41(33)43)26-15-13-25(14-16-26)28-19-22-39-34(23-28)31-9-3-6-12-38(31)44-39/h1-29H;2*1-24H. The smallest absolute Gasteiger partial charge is 0.146 e. The molecular weight excluding hydrogens is 1710 g/mol. The second-order valence-corrected chi connectivity index (χ2v) is 38.5. The summed E-state index contributed by atoms with van der Waals surface area (Å²) in [4.78, 5) is 15.5. The van der Waals surface area contributed by atoms with E-state index >= 15 is 0 Å². The van der Waals surface area contributed by atoms with E-state index in [1.165, 1.54) is 232 Å². The van der Waals surface area contributed by atoms with E-state index in [1.807, 2.05) is 22.7 Å². The lowest BCUT2D eigenvalue weighted by Gasteiger charge is -2.14. The molecular formula is C129H77N7S2. The lowest BCUT2D eigenvalue weighted by molar-refractivity contribution is 1.18. The predicted octanol–water partition coefficient (Wildman–Crippen LogP) is 35.7. The topological polar surface area (TPSA) is 56.8 Å². The molecule has 31 rings (SSSR count). The number of pyridine rings is 3. The minimum Gasteiger partial charge on any atom is -0.309 e. The summed E-state index contributed by atoms with van der Waals surface area (Å²) in [5.41, 5.74) is 31.1. The number of fused-ring (bicyclic) bond motifs is 39. The van der Waals surface area contributed by atoms with Gasteiger partial charge < -0.3 is 4.57 Å². The van der Waals surface area contributed by atoms with Gasteiger partial charge in [-0.3, -0.25) is 13.2 Å². The highest BCUT2D eigenvalue weighted by atomic mass is 32.1. The lowest BCUT2D eigenvalue weighted by atomic mass is 9.95. The number of nitrogens with zero attached hydrogens (tertiary/aromatic N) is 7. The number of para-hydroxylation sites is 8. The predicted molar refractivity (Wildman–Crippen MR) is 588 cm³/mol. The molecule has 0 unspecified atom stereocenters. The number of hydrogen-bond donors (Lipinski definition) is 0. The summed E-state index contributed by atoms with van der Waals surface area (Å²) in [6.45, 7) is 0. The zero-order valence-corrected chi connectivity index (χ0v) is 76.0. The van der Waals surface area contributed by atoms with Crippen LogP contribution in [0.25, 0.3) is 282 Å². The van der Waals surface area contributed by atoms with E-state index in [4.69, 9.17) is 15.0 Å². The fraction of sp³-hybridized carbons (Fsp3) is 0. The summed E-state index contributed by atoms with van der Waals surface area (Å²) in [7, 11) is 0. The Morgan fingerprint density at radius 3 is 1.00 bits per heavy atom. The highest BCUT2D eigenvalue weighted by Gasteiger charge is 2.24. The summed E-state index contributed by atoms with van der Waals surface area (Å²) >= 11 is 3.74. The fourth-order valence-electron chi connectivity index (χ4n) is 22.4. The van der Waals surface area contributed by atoms with Crippen LogP contribution in [0, 0.1) is 0 Å². The number of aromatic nitrogens is 7. The van der Waals surface area contributed by atoms with Gasteiger partial charge in [0, 0.05) is 105 Å². The monoisotopic (exact) mass is 1790 g/mol. The van der Waals surface area contributed by atoms with E-state index < -0.39 is 0 Å². The summed E-state index contributed by atoms with van der Waals surface area (Å²) in [5, 5.41) is 26.4. The Hall–Kier alpha value is -17.7. The normalized spacial score (nSPS) is 12.1. The quantitative estimate of drug-likeness (QED) is 0.149. The number of thiophene rings is 2. The Kier molecular flexibility index (Phi) is 17.4. The lowest BCUT2D eigenvalue weighted by Crippen LogP contribution is -1.93. The Morgan fingerprint density at radius 2 is 0.500 bits per heavy atom. The SMILES string of the molecule is c1cc(-c2ccc3c4c5ccccc5ccc4c4nc5ccccc5n4c3c2)cc(-c2cccc3c2sc2ccccc23)c1.c1ccc(-n2c3ccccc3c3cc(-c4ccc(-c5ccc6c7c8ccccc8ccc7c7nc8ccccc8n7c6c5)cc4)ccc32)cc1.c1ccc2c(c1)ccc1c2c2ccc(-c3ccc(-c4ccc5sc6ccccc6c5c4)cc3)cc2n2c3ccccc3nc12. The second-order valence-electron chi connectivity index (χ2n) is 36.3. The zero-order valence-electron chi connectivity index (χ0n) is 74.4. The molecule has 0 saturated carbocycles. The van der Waals surface area contributed by atoms with Crippen LogP contribution in [-0.4, -0.2) is 32.7 Å². The van der Waals surface area contributed by atoms with Gasteiger partial charge in [0.25, 0.3) is 0 Å². The van der Waals surface area contributed by atoms with E-state index in [0.29, 0.717) is 0 Å². The van der Waals surface area contributed by atoms with Crippen LogP contribution < -0.4 is 0 Å². The third kappa shape index (κ3) is 12.2. The van der Waals surface area contributed by atoms with Gasteiger partial charge in [-0.2, -0.15) is 0 Å². The van der Waals surface area contributed by atoms with E-state index in [9.17, 15) is 0 Å². The first-order valence-corrected chi connectivity index (χ1v) is 48.7.